The minimum Gasteiger partial charge on any atom is -0.497 e. The summed E-state index contributed by atoms with van der Waals surface area (Å²) in [5.41, 5.74) is 3.02. The molecular formula is C31H31BrN6O5S. The molecule has 0 spiro atoms. The highest BCUT2D eigenvalue weighted by Gasteiger charge is 2.35. The Kier molecular flexibility index (Phi) is 9.85. The van der Waals surface area contributed by atoms with E-state index in [9.17, 15) is 9.59 Å². The standard InChI is InChI=1S/C31H31BrN6O5S/c1-37-27(17-33-30(40)20-10-14-22(41-2)15-11-20)34-35-31(37)44-18-28(39)38-25(23-6-5-7-26(42-3)29(23)43-4)16-24(36-38)19-8-12-21(32)13-9-19/h5-15,25H,16-18H2,1-4H3,(H,33,40). The normalized spacial score (nSPS) is 14.2. The SMILES string of the molecule is COc1ccc(C(=O)NCc2nnc(SCC(=O)N3N=C(c4ccc(Br)cc4)CC3c3cccc(OC)c3OC)n2C)cc1. The second kappa shape index (κ2) is 14.0. The van der Waals surface area contributed by atoms with Crippen LogP contribution in [0.15, 0.2) is 81.5 Å². The lowest BCUT2D eigenvalue weighted by molar-refractivity contribution is -0.130. The first-order valence-electron chi connectivity index (χ1n) is 13.6. The van der Waals surface area contributed by atoms with E-state index < -0.39 is 6.04 Å². The first-order chi connectivity index (χ1) is 21.3. The number of hydrogen-bond donors (Lipinski definition) is 1. The van der Waals surface area contributed by atoms with Crippen molar-refractivity contribution in [2.75, 3.05) is 27.1 Å². The summed E-state index contributed by atoms with van der Waals surface area (Å²) in [5.74, 6) is 2.00. The monoisotopic (exact) mass is 678 g/mol. The molecule has 0 fully saturated rings. The van der Waals surface area contributed by atoms with Gasteiger partial charge in [-0.05, 0) is 48.0 Å². The first-order valence-corrected chi connectivity index (χ1v) is 15.4. The van der Waals surface area contributed by atoms with Gasteiger partial charge in [-0.3, -0.25) is 9.59 Å². The largest absolute Gasteiger partial charge is 0.497 e. The lowest BCUT2D eigenvalue weighted by Gasteiger charge is -2.24. The molecule has 1 aromatic heterocycles. The Labute approximate surface area is 267 Å². The van der Waals surface area contributed by atoms with Crippen LogP contribution in [-0.2, 0) is 18.4 Å². The van der Waals surface area contributed by atoms with Gasteiger partial charge in [0, 0.05) is 29.1 Å². The Morgan fingerprint density at radius 1 is 0.977 bits per heavy atom. The molecule has 1 atom stereocenters. The van der Waals surface area contributed by atoms with Crippen LogP contribution in [-0.4, -0.2) is 64.4 Å². The van der Waals surface area contributed by atoms with Crippen molar-refractivity contribution in [3.63, 3.8) is 0 Å². The zero-order valence-electron chi connectivity index (χ0n) is 24.6. The average molecular weight is 680 g/mol. The van der Waals surface area contributed by atoms with E-state index in [1.807, 2.05) is 42.5 Å². The second-order valence-electron chi connectivity index (χ2n) is 9.75. The molecule has 2 heterocycles. The van der Waals surface area contributed by atoms with Gasteiger partial charge in [0.05, 0.1) is 45.4 Å². The van der Waals surface area contributed by atoms with Gasteiger partial charge in [0.2, 0.25) is 0 Å². The summed E-state index contributed by atoms with van der Waals surface area (Å²) in [7, 11) is 6.53. The molecule has 13 heteroatoms. The number of methoxy groups -OCH3 is 3. The van der Waals surface area contributed by atoms with Crippen molar-refractivity contribution in [2.24, 2.45) is 12.1 Å². The zero-order chi connectivity index (χ0) is 31.2. The molecule has 1 aliphatic rings. The Bertz CT molecular complexity index is 1680. The van der Waals surface area contributed by atoms with E-state index in [0.717, 1.165) is 21.3 Å². The summed E-state index contributed by atoms with van der Waals surface area (Å²) in [6.45, 7) is 0.174. The molecule has 0 radical (unpaired) electrons. The fourth-order valence-corrected chi connectivity index (χ4v) is 5.84. The van der Waals surface area contributed by atoms with E-state index in [0.29, 0.717) is 40.2 Å². The summed E-state index contributed by atoms with van der Waals surface area (Å²) in [5, 5.41) is 18.2. The Hall–Kier alpha value is -4.36. The van der Waals surface area contributed by atoms with Crippen LogP contribution in [0.5, 0.6) is 17.2 Å². The van der Waals surface area contributed by atoms with Crippen molar-refractivity contribution in [3.8, 4) is 17.2 Å². The number of hydrogen-bond acceptors (Lipinski definition) is 9. The van der Waals surface area contributed by atoms with Gasteiger partial charge in [-0.15, -0.1) is 10.2 Å². The Morgan fingerprint density at radius 2 is 1.73 bits per heavy atom. The van der Waals surface area contributed by atoms with E-state index in [-0.39, 0.29) is 24.1 Å². The van der Waals surface area contributed by atoms with E-state index in [1.54, 1.807) is 57.2 Å². The lowest BCUT2D eigenvalue weighted by Crippen LogP contribution is -2.29. The third kappa shape index (κ3) is 6.73. The molecule has 2 amide bonds. The minimum atomic E-state index is -0.393. The van der Waals surface area contributed by atoms with Gasteiger partial charge in [0.15, 0.2) is 22.5 Å². The third-order valence-electron chi connectivity index (χ3n) is 7.14. The number of hydrazone groups is 1. The van der Waals surface area contributed by atoms with Crippen LogP contribution >= 0.6 is 27.7 Å². The van der Waals surface area contributed by atoms with Crippen LogP contribution in [0.3, 0.4) is 0 Å². The molecule has 4 aromatic rings. The molecule has 0 saturated heterocycles. The molecule has 11 nitrogen and oxygen atoms in total. The maximum atomic E-state index is 13.7. The number of rotatable bonds is 11. The van der Waals surface area contributed by atoms with E-state index in [4.69, 9.17) is 19.3 Å². The number of halogens is 1. The van der Waals surface area contributed by atoms with Crippen LogP contribution in [0.25, 0.3) is 0 Å². The number of para-hydroxylation sites is 1. The molecule has 228 valence electrons. The number of carbonyl (C=O) groups excluding carboxylic acids is 2. The number of amides is 2. The highest BCUT2D eigenvalue weighted by atomic mass is 79.9. The number of thioether (sulfide) groups is 1. The van der Waals surface area contributed by atoms with Crippen molar-refractivity contribution >= 4 is 45.2 Å². The molecule has 0 saturated carbocycles. The topological polar surface area (TPSA) is 120 Å². The number of nitrogens with zero attached hydrogens (tertiary/aromatic N) is 5. The van der Waals surface area contributed by atoms with Crippen LogP contribution in [0.1, 0.15) is 39.8 Å². The Morgan fingerprint density at radius 3 is 2.41 bits per heavy atom. The number of aromatic nitrogens is 3. The van der Waals surface area contributed by atoms with Crippen LogP contribution in [0.2, 0.25) is 0 Å². The van der Waals surface area contributed by atoms with Gasteiger partial charge >= 0.3 is 0 Å². The van der Waals surface area contributed by atoms with Gasteiger partial charge in [-0.25, -0.2) is 5.01 Å². The maximum absolute atomic E-state index is 13.7. The fourth-order valence-electron chi connectivity index (χ4n) is 4.79. The van der Waals surface area contributed by atoms with Gasteiger partial charge < -0.3 is 24.1 Å². The first kappa shape index (κ1) is 31.1. The van der Waals surface area contributed by atoms with Crippen molar-refractivity contribution < 1.29 is 23.8 Å². The highest BCUT2D eigenvalue weighted by molar-refractivity contribution is 9.10. The van der Waals surface area contributed by atoms with Crippen molar-refractivity contribution in [1.82, 2.24) is 25.1 Å². The van der Waals surface area contributed by atoms with Gasteiger partial charge in [0.1, 0.15) is 5.75 Å². The zero-order valence-corrected chi connectivity index (χ0v) is 27.0. The van der Waals surface area contributed by atoms with Crippen LogP contribution in [0.4, 0.5) is 0 Å². The molecule has 0 bridgehead atoms. The minimum absolute atomic E-state index is 0.0735. The number of nitrogens with one attached hydrogen (secondary N) is 1. The summed E-state index contributed by atoms with van der Waals surface area (Å²) in [6, 6.07) is 19.9. The van der Waals surface area contributed by atoms with E-state index in [2.05, 4.69) is 31.4 Å². The Balaban J connectivity index is 1.30. The summed E-state index contributed by atoms with van der Waals surface area (Å²) in [6.07, 6.45) is 0.504. The van der Waals surface area contributed by atoms with E-state index >= 15 is 0 Å². The molecule has 1 unspecified atom stereocenters. The van der Waals surface area contributed by atoms with Crippen molar-refractivity contribution in [1.29, 1.82) is 0 Å². The molecular weight excluding hydrogens is 648 g/mol. The molecule has 1 aliphatic heterocycles. The molecule has 1 N–H and O–H groups in total. The second-order valence-corrected chi connectivity index (χ2v) is 11.6. The molecule has 5 rings (SSSR count). The fraction of sp³-hybridized carbons (Fsp3) is 0.258. The van der Waals surface area contributed by atoms with Crippen molar-refractivity contribution in [2.45, 2.75) is 24.2 Å². The number of benzene rings is 3. The van der Waals surface area contributed by atoms with Gasteiger partial charge in [-0.1, -0.05) is 52.0 Å². The smallest absolute Gasteiger partial charge is 0.253 e. The van der Waals surface area contributed by atoms with E-state index in [1.165, 1.54) is 16.8 Å². The number of carbonyl (C=O) groups is 2. The van der Waals surface area contributed by atoms with Gasteiger partial charge in [0.25, 0.3) is 11.8 Å². The van der Waals surface area contributed by atoms with Crippen molar-refractivity contribution in [3.05, 3.63) is 93.7 Å². The highest BCUT2D eigenvalue weighted by Crippen LogP contribution is 2.42. The average Bonchev–Trinajstić information content (AvgIpc) is 3.66. The van der Waals surface area contributed by atoms with Crippen LogP contribution in [0, 0.1) is 0 Å². The predicted octanol–water partition coefficient (Wildman–Crippen LogP) is 5.00. The maximum Gasteiger partial charge on any atom is 0.253 e. The molecule has 0 aliphatic carbocycles. The lowest BCUT2D eigenvalue weighted by atomic mass is 9.97. The summed E-state index contributed by atoms with van der Waals surface area (Å²) < 4.78 is 19.1. The third-order valence-corrected chi connectivity index (χ3v) is 8.68. The predicted molar refractivity (Wildman–Crippen MR) is 170 cm³/mol. The number of ether oxygens (including phenoxy) is 3. The summed E-state index contributed by atoms with van der Waals surface area (Å²) in [4.78, 5) is 26.3. The molecule has 3 aromatic carbocycles. The quantitative estimate of drug-likeness (QED) is 0.220. The van der Waals surface area contributed by atoms with Crippen LogP contribution < -0.4 is 19.5 Å². The molecule has 44 heavy (non-hydrogen) atoms. The van der Waals surface area contributed by atoms with Gasteiger partial charge in [-0.2, -0.15) is 5.10 Å². The summed E-state index contributed by atoms with van der Waals surface area (Å²) >= 11 is 4.73.